The van der Waals surface area contributed by atoms with Crippen molar-refractivity contribution in [1.82, 2.24) is 25.5 Å². The zero-order valence-electron chi connectivity index (χ0n) is 10.7. The SMILES string of the molecule is C=C(C)CNC(C)c1cccc(-n2cnnn2)c1. The fourth-order valence-corrected chi connectivity index (χ4v) is 1.66. The van der Waals surface area contributed by atoms with E-state index < -0.39 is 0 Å². The van der Waals surface area contributed by atoms with E-state index >= 15 is 0 Å². The average Bonchev–Trinajstić information content (AvgIpc) is 2.90. The molecule has 0 saturated heterocycles. The Labute approximate surface area is 107 Å². The first kappa shape index (κ1) is 12.4. The van der Waals surface area contributed by atoms with Gasteiger partial charge in [-0.2, -0.15) is 0 Å². The van der Waals surface area contributed by atoms with Gasteiger partial charge in [0.1, 0.15) is 6.33 Å². The third kappa shape index (κ3) is 3.01. The molecule has 1 N–H and O–H groups in total. The minimum Gasteiger partial charge on any atom is -0.306 e. The number of benzene rings is 1. The van der Waals surface area contributed by atoms with Crippen LogP contribution in [-0.4, -0.2) is 26.8 Å². The van der Waals surface area contributed by atoms with Crippen molar-refractivity contribution < 1.29 is 0 Å². The molecule has 0 saturated carbocycles. The molecule has 1 aromatic heterocycles. The number of nitrogens with zero attached hydrogens (tertiary/aromatic N) is 4. The van der Waals surface area contributed by atoms with Crippen molar-refractivity contribution in [2.75, 3.05) is 6.54 Å². The second-order valence-corrected chi connectivity index (χ2v) is 4.41. The maximum atomic E-state index is 3.89. The van der Waals surface area contributed by atoms with Crippen molar-refractivity contribution in [1.29, 1.82) is 0 Å². The van der Waals surface area contributed by atoms with Crippen molar-refractivity contribution >= 4 is 0 Å². The van der Waals surface area contributed by atoms with E-state index in [1.54, 1.807) is 11.0 Å². The number of hydrogen-bond donors (Lipinski definition) is 1. The van der Waals surface area contributed by atoms with Gasteiger partial charge in [-0.05, 0) is 42.0 Å². The molecule has 0 spiro atoms. The molecule has 0 aliphatic rings. The highest BCUT2D eigenvalue weighted by Crippen LogP contribution is 2.16. The van der Waals surface area contributed by atoms with Gasteiger partial charge in [-0.3, -0.25) is 0 Å². The fourth-order valence-electron chi connectivity index (χ4n) is 1.66. The molecule has 5 heteroatoms. The molecule has 0 radical (unpaired) electrons. The molecule has 2 aromatic rings. The van der Waals surface area contributed by atoms with Crippen LogP contribution in [0.15, 0.2) is 42.7 Å². The molecule has 1 heterocycles. The van der Waals surface area contributed by atoms with Crippen molar-refractivity contribution in [2.45, 2.75) is 19.9 Å². The molecule has 0 aliphatic carbocycles. The van der Waals surface area contributed by atoms with E-state index in [0.717, 1.165) is 17.8 Å². The monoisotopic (exact) mass is 243 g/mol. The molecule has 1 aromatic carbocycles. The predicted octanol–water partition coefficient (Wildman–Crippen LogP) is 1.89. The molecule has 0 amide bonds. The van der Waals surface area contributed by atoms with Gasteiger partial charge in [0.2, 0.25) is 0 Å². The van der Waals surface area contributed by atoms with Crippen LogP contribution in [0.3, 0.4) is 0 Å². The van der Waals surface area contributed by atoms with E-state index in [1.807, 2.05) is 19.1 Å². The number of rotatable bonds is 5. The second-order valence-electron chi connectivity index (χ2n) is 4.41. The summed E-state index contributed by atoms with van der Waals surface area (Å²) in [6.07, 6.45) is 1.59. The van der Waals surface area contributed by atoms with Gasteiger partial charge in [-0.15, -0.1) is 5.10 Å². The molecular weight excluding hydrogens is 226 g/mol. The normalized spacial score (nSPS) is 12.3. The largest absolute Gasteiger partial charge is 0.306 e. The van der Waals surface area contributed by atoms with E-state index in [4.69, 9.17) is 0 Å². The number of tetrazole rings is 1. The summed E-state index contributed by atoms with van der Waals surface area (Å²) in [6, 6.07) is 8.41. The summed E-state index contributed by atoms with van der Waals surface area (Å²) in [5.74, 6) is 0. The maximum Gasteiger partial charge on any atom is 0.143 e. The number of nitrogens with one attached hydrogen (secondary N) is 1. The highest BCUT2D eigenvalue weighted by molar-refractivity contribution is 5.35. The van der Waals surface area contributed by atoms with E-state index in [0.29, 0.717) is 0 Å². The lowest BCUT2D eigenvalue weighted by Gasteiger charge is -2.15. The second kappa shape index (κ2) is 5.55. The van der Waals surface area contributed by atoms with Crippen LogP contribution in [0.2, 0.25) is 0 Å². The summed E-state index contributed by atoms with van der Waals surface area (Å²) in [7, 11) is 0. The molecule has 0 fully saturated rings. The topological polar surface area (TPSA) is 55.6 Å². The van der Waals surface area contributed by atoms with Gasteiger partial charge in [-0.25, -0.2) is 4.68 Å². The van der Waals surface area contributed by atoms with Crippen LogP contribution in [0.25, 0.3) is 5.69 Å². The Morgan fingerprint density at radius 1 is 1.50 bits per heavy atom. The van der Waals surface area contributed by atoms with E-state index in [9.17, 15) is 0 Å². The Bertz CT molecular complexity index is 518. The molecule has 94 valence electrons. The van der Waals surface area contributed by atoms with Crippen molar-refractivity contribution in [2.24, 2.45) is 0 Å². The first-order valence-electron chi connectivity index (χ1n) is 5.88. The summed E-state index contributed by atoms with van der Waals surface area (Å²) >= 11 is 0. The summed E-state index contributed by atoms with van der Waals surface area (Å²) in [5.41, 5.74) is 3.28. The van der Waals surface area contributed by atoms with Crippen LogP contribution in [-0.2, 0) is 0 Å². The zero-order chi connectivity index (χ0) is 13.0. The van der Waals surface area contributed by atoms with Gasteiger partial charge >= 0.3 is 0 Å². The molecule has 1 atom stereocenters. The maximum absolute atomic E-state index is 3.89. The zero-order valence-corrected chi connectivity index (χ0v) is 10.7. The summed E-state index contributed by atoms with van der Waals surface area (Å²) in [6.45, 7) is 8.84. The highest BCUT2D eigenvalue weighted by Gasteiger charge is 2.06. The van der Waals surface area contributed by atoms with Crippen molar-refractivity contribution in [3.63, 3.8) is 0 Å². The third-order valence-electron chi connectivity index (χ3n) is 2.69. The van der Waals surface area contributed by atoms with Crippen LogP contribution < -0.4 is 5.32 Å². The lowest BCUT2D eigenvalue weighted by atomic mass is 10.1. The summed E-state index contributed by atoms with van der Waals surface area (Å²) < 4.78 is 1.65. The average molecular weight is 243 g/mol. The minimum absolute atomic E-state index is 0.262. The first-order chi connectivity index (χ1) is 8.66. The minimum atomic E-state index is 0.262. The van der Waals surface area contributed by atoms with Gasteiger partial charge in [0.05, 0.1) is 5.69 Å². The number of aromatic nitrogens is 4. The van der Waals surface area contributed by atoms with Gasteiger partial charge in [0.25, 0.3) is 0 Å². The molecule has 0 aliphatic heterocycles. The molecule has 2 rings (SSSR count). The van der Waals surface area contributed by atoms with Crippen LogP contribution >= 0.6 is 0 Å². The quantitative estimate of drug-likeness (QED) is 0.815. The Hall–Kier alpha value is -2.01. The first-order valence-corrected chi connectivity index (χ1v) is 5.88. The van der Waals surface area contributed by atoms with Gasteiger partial charge in [-0.1, -0.05) is 24.3 Å². The predicted molar refractivity (Wildman–Crippen MR) is 70.4 cm³/mol. The van der Waals surface area contributed by atoms with E-state index in [2.05, 4.69) is 46.5 Å². The van der Waals surface area contributed by atoms with Gasteiger partial charge < -0.3 is 5.32 Å². The Morgan fingerprint density at radius 2 is 2.33 bits per heavy atom. The van der Waals surface area contributed by atoms with Gasteiger partial charge in [0.15, 0.2) is 0 Å². The fraction of sp³-hybridized carbons (Fsp3) is 0.308. The van der Waals surface area contributed by atoms with Crippen LogP contribution in [0.1, 0.15) is 25.5 Å². The van der Waals surface area contributed by atoms with E-state index in [1.165, 1.54) is 5.56 Å². The smallest absolute Gasteiger partial charge is 0.143 e. The molecular formula is C13H17N5. The molecule has 5 nitrogen and oxygen atoms in total. The lowest BCUT2D eigenvalue weighted by Crippen LogP contribution is -2.20. The lowest BCUT2D eigenvalue weighted by molar-refractivity contribution is 0.606. The third-order valence-corrected chi connectivity index (χ3v) is 2.69. The Morgan fingerprint density at radius 3 is 3.00 bits per heavy atom. The number of hydrogen-bond acceptors (Lipinski definition) is 4. The summed E-state index contributed by atoms with van der Waals surface area (Å²) in [5, 5.41) is 14.6. The highest BCUT2D eigenvalue weighted by atomic mass is 15.5. The van der Waals surface area contributed by atoms with Crippen LogP contribution in [0.4, 0.5) is 0 Å². The summed E-state index contributed by atoms with van der Waals surface area (Å²) in [4.78, 5) is 0. The molecule has 0 bridgehead atoms. The van der Waals surface area contributed by atoms with E-state index in [-0.39, 0.29) is 6.04 Å². The standard InChI is InChI=1S/C13H17N5/c1-10(2)8-14-11(3)12-5-4-6-13(7-12)18-9-15-16-17-18/h4-7,9,11,14H,1,8H2,2-3H3. The van der Waals surface area contributed by atoms with Crippen LogP contribution in [0, 0.1) is 0 Å². The van der Waals surface area contributed by atoms with Crippen molar-refractivity contribution in [3.05, 3.63) is 48.3 Å². The molecule has 18 heavy (non-hydrogen) atoms. The van der Waals surface area contributed by atoms with Gasteiger partial charge in [0, 0.05) is 12.6 Å². The van der Waals surface area contributed by atoms with Crippen LogP contribution in [0.5, 0.6) is 0 Å². The Balaban J connectivity index is 2.14. The molecule has 1 unspecified atom stereocenters. The van der Waals surface area contributed by atoms with Crippen molar-refractivity contribution in [3.8, 4) is 5.69 Å². The Kier molecular flexibility index (Phi) is 3.84.